The zero-order valence-electron chi connectivity index (χ0n) is 8.74. The SMILES string of the molecule is CC1CC(C)N(C2=NCC(CBr)S2)C1. The van der Waals surface area contributed by atoms with Gasteiger partial charge in [-0.25, -0.2) is 0 Å². The van der Waals surface area contributed by atoms with Gasteiger partial charge < -0.3 is 4.90 Å². The lowest BCUT2D eigenvalue weighted by Crippen LogP contribution is -2.31. The predicted molar refractivity (Wildman–Crippen MR) is 67.4 cm³/mol. The normalized spacial score (nSPS) is 37.8. The minimum atomic E-state index is 0.660. The predicted octanol–water partition coefficient (Wildman–Crippen LogP) is 2.58. The molecule has 4 heteroatoms. The summed E-state index contributed by atoms with van der Waals surface area (Å²) >= 11 is 5.47. The third kappa shape index (κ3) is 2.11. The van der Waals surface area contributed by atoms with E-state index in [0.29, 0.717) is 11.3 Å². The van der Waals surface area contributed by atoms with E-state index >= 15 is 0 Å². The number of nitrogens with zero attached hydrogens (tertiary/aromatic N) is 2. The smallest absolute Gasteiger partial charge is 0.159 e. The monoisotopic (exact) mass is 276 g/mol. The average molecular weight is 277 g/mol. The fourth-order valence-electron chi connectivity index (χ4n) is 2.21. The molecular formula is C10H17BrN2S. The van der Waals surface area contributed by atoms with Gasteiger partial charge in [0, 0.05) is 23.2 Å². The van der Waals surface area contributed by atoms with Crippen molar-refractivity contribution in [3.63, 3.8) is 0 Å². The van der Waals surface area contributed by atoms with Crippen molar-refractivity contribution in [3.8, 4) is 0 Å². The van der Waals surface area contributed by atoms with Gasteiger partial charge >= 0.3 is 0 Å². The van der Waals surface area contributed by atoms with Gasteiger partial charge in [0.2, 0.25) is 0 Å². The number of aliphatic imine (C=N–C) groups is 1. The topological polar surface area (TPSA) is 15.6 Å². The van der Waals surface area contributed by atoms with Gasteiger partial charge in [-0.3, -0.25) is 4.99 Å². The summed E-state index contributed by atoms with van der Waals surface area (Å²) in [5.74, 6) is 0.830. The third-order valence-corrected chi connectivity index (χ3v) is 5.34. The fraction of sp³-hybridized carbons (Fsp3) is 0.900. The molecule has 2 nitrogen and oxygen atoms in total. The molecule has 0 aromatic rings. The van der Waals surface area contributed by atoms with Gasteiger partial charge in [-0.05, 0) is 19.3 Å². The van der Waals surface area contributed by atoms with E-state index in [4.69, 9.17) is 0 Å². The first-order valence-electron chi connectivity index (χ1n) is 5.24. The molecule has 0 aliphatic carbocycles. The first-order valence-corrected chi connectivity index (χ1v) is 7.24. The van der Waals surface area contributed by atoms with Crippen LogP contribution in [0.25, 0.3) is 0 Å². The highest BCUT2D eigenvalue weighted by Crippen LogP contribution is 2.31. The molecule has 3 unspecified atom stereocenters. The van der Waals surface area contributed by atoms with E-state index in [9.17, 15) is 0 Å². The van der Waals surface area contributed by atoms with Crippen LogP contribution in [0.4, 0.5) is 0 Å². The first-order chi connectivity index (χ1) is 6.70. The largest absolute Gasteiger partial charge is 0.349 e. The molecule has 2 heterocycles. The van der Waals surface area contributed by atoms with Crippen molar-refractivity contribution < 1.29 is 0 Å². The lowest BCUT2D eigenvalue weighted by atomic mass is 10.1. The highest BCUT2D eigenvalue weighted by molar-refractivity contribution is 9.09. The molecule has 0 aromatic carbocycles. The van der Waals surface area contributed by atoms with Crippen molar-refractivity contribution in [2.75, 3.05) is 18.4 Å². The molecule has 2 aliphatic rings. The molecule has 0 N–H and O–H groups in total. The van der Waals surface area contributed by atoms with Crippen LogP contribution in [0.15, 0.2) is 4.99 Å². The van der Waals surface area contributed by atoms with Crippen molar-refractivity contribution in [2.24, 2.45) is 10.9 Å². The number of likely N-dealkylation sites (tertiary alicyclic amines) is 1. The van der Waals surface area contributed by atoms with E-state index in [1.165, 1.54) is 18.1 Å². The van der Waals surface area contributed by atoms with Crippen LogP contribution in [0.3, 0.4) is 0 Å². The zero-order chi connectivity index (χ0) is 10.1. The number of halogens is 1. The Morgan fingerprint density at radius 2 is 2.36 bits per heavy atom. The Kier molecular flexibility index (Phi) is 3.42. The van der Waals surface area contributed by atoms with Gasteiger partial charge in [0.25, 0.3) is 0 Å². The number of hydrogen-bond donors (Lipinski definition) is 0. The summed E-state index contributed by atoms with van der Waals surface area (Å²) in [6.07, 6.45) is 1.32. The second-order valence-electron chi connectivity index (χ2n) is 4.36. The van der Waals surface area contributed by atoms with Gasteiger partial charge in [0.1, 0.15) is 0 Å². The van der Waals surface area contributed by atoms with E-state index in [1.807, 2.05) is 11.8 Å². The Morgan fingerprint density at radius 1 is 1.57 bits per heavy atom. The number of alkyl halides is 1. The van der Waals surface area contributed by atoms with Gasteiger partial charge in [-0.2, -0.15) is 0 Å². The summed E-state index contributed by atoms with van der Waals surface area (Å²) < 4.78 is 0. The summed E-state index contributed by atoms with van der Waals surface area (Å²) in [4.78, 5) is 7.11. The van der Waals surface area contributed by atoms with E-state index in [1.54, 1.807) is 0 Å². The lowest BCUT2D eigenvalue weighted by molar-refractivity contribution is 0.419. The standard InChI is InChI=1S/C10H17BrN2S/c1-7-3-8(2)13(6-7)10-12-5-9(4-11)14-10/h7-9H,3-6H2,1-2H3. The molecule has 0 radical (unpaired) electrons. The van der Waals surface area contributed by atoms with Gasteiger partial charge in [-0.15, -0.1) is 0 Å². The van der Waals surface area contributed by atoms with Crippen molar-refractivity contribution in [2.45, 2.75) is 31.6 Å². The zero-order valence-corrected chi connectivity index (χ0v) is 11.1. The maximum absolute atomic E-state index is 4.63. The minimum Gasteiger partial charge on any atom is -0.349 e. The Morgan fingerprint density at radius 3 is 2.86 bits per heavy atom. The summed E-state index contributed by atoms with van der Waals surface area (Å²) in [6, 6.07) is 0.685. The highest BCUT2D eigenvalue weighted by Gasteiger charge is 2.32. The van der Waals surface area contributed by atoms with Gasteiger partial charge in [0.15, 0.2) is 5.17 Å². The van der Waals surface area contributed by atoms with Crippen LogP contribution < -0.4 is 0 Å². The average Bonchev–Trinajstić information content (AvgIpc) is 2.71. The van der Waals surface area contributed by atoms with E-state index in [-0.39, 0.29) is 0 Å². The van der Waals surface area contributed by atoms with E-state index in [2.05, 4.69) is 39.7 Å². The molecule has 0 saturated carbocycles. The maximum Gasteiger partial charge on any atom is 0.159 e. The number of rotatable bonds is 1. The van der Waals surface area contributed by atoms with Crippen LogP contribution in [0, 0.1) is 5.92 Å². The van der Waals surface area contributed by atoms with Crippen LogP contribution in [-0.4, -0.2) is 39.8 Å². The Bertz CT molecular complexity index is 244. The van der Waals surface area contributed by atoms with Crippen molar-refractivity contribution >= 4 is 32.9 Å². The Hall–Kier alpha value is 0.300. The van der Waals surface area contributed by atoms with Crippen LogP contribution in [0.1, 0.15) is 20.3 Å². The van der Waals surface area contributed by atoms with Crippen molar-refractivity contribution in [1.29, 1.82) is 0 Å². The van der Waals surface area contributed by atoms with Crippen LogP contribution >= 0.6 is 27.7 Å². The number of thioether (sulfide) groups is 1. The van der Waals surface area contributed by atoms with Gasteiger partial charge in [-0.1, -0.05) is 34.6 Å². The Labute approximate surface area is 98.7 Å². The number of hydrogen-bond acceptors (Lipinski definition) is 3. The Balaban J connectivity index is 1.96. The second-order valence-corrected chi connectivity index (χ2v) is 6.27. The molecule has 80 valence electrons. The van der Waals surface area contributed by atoms with E-state index < -0.39 is 0 Å². The van der Waals surface area contributed by atoms with Crippen molar-refractivity contribution in [1.82, 2.24) is 4.90 Å². The highest BCUT2D eigenvalue weighted by atomic mass is 79.9. The molecule has 1 fully saturated rings. The van der Waals surface area contributed by atoms with E-state index in [0.717, 1.165) is 17.8 Å². The molecule has 2 aliphatic heterocycles. The summed E-state index contributed by atoms with van der Waals surface area (Å²) in [5.41, 5.74) is 0. The minimum absolute atomic E-state index is 0.660. The summed E-state index contributed by atoms with van der Waals surface area (Å²) in [5, 5.41) is 3.00. The van der Waals surface area contributed by atoms with Crippen LogP contribution in [0.2, 0.25) is 0 Å². The fourth-order valence-corrected chi connectivity index (χ4v) is 3.86. The molecule has 0 aromatic heterocycles. The first kappa shape index (κ1) is 10.8. The van der Waals surface area contributed by atoms with Gasteiger partial charge in [0.05, 0.1) is 6.54 Å². The molecule has 1 saturated heterocycles. The molecular weight excluding hydrogens is 260 g/mol. The molecule has 0 spiro atoms. The molecule has 14 heavy (non-hydrogen) atoms. The van der Waals surface area contributed by atoms with Crippen molar-refractivity contribution in [3.05, 3.63) is 0 Å². The maximum atomic E-state index is 4.63. The molecule has 0 amide bonds. The quantitative estimate of drug-likeness (QED) is 0.685. The summed E-state index contributed by atoms with van der Waals surface area (Å²) in [7, 11) is 0. The molecule has 3 atom stereocenters. The molecule has 0 bridgehead atoms. The second kappa shape index (κ2) is 4.44. The molecule has 2 rings (SSSR count). The van der Waals surface area contributed by atoms with Crippen LogP contribution in [0.5, 0.6) is 0 Å². The third-order valence-electron chi connectivity index (χ3n) is 2.90. The van der Waals surface area contributed by atoms with Crippen LogP contribution in [-0.2, 0) is 0 Å². The number of amidine groups is 1. The summed E-state index contributed by atoms with van der Waals surface area (Å²) in [6.45, 7) is 6.83. The lowest BCUT2D eigenvalue weighted by Gasteiger charge is -2.23.